The summed E-state index contributed by atoms with van der Waals surface area (Å²) in [4.78, 5) is 0. The molecule has 0 saturated heterocycles. The Balaban J connectivity index is 0.988. The van der Waals surface area contributed by atoms with E-state index in [0.29, 0.717) is 10.8 Å². The molecular weight excluding hydrogens is 637 g/mol. The van der Waals surface area contributed by atoms with Crippen LogP contribution in [0.4, 0.5) is 0 Å². The molecular formula is C49H66O3. The Hall–Kier alpha value is -2.72. The Morgan fingerprint density at radius 1 is 0.731 bits per heavy atom. The van der Waals surface area contributed by atoms with Crippen molar-refractivity contribution < 1.29 is 14.6 Å². The van der Waals surface area contributed by atoms with E-state index in [9.17, 15) is 5.11 Å². The van der Waals surface area contributed by atoms with Crippen molar-refractivity contribution in [1.82, 2.24) is 0 Å². The Bertz CT molecular complexity index is 1500. The summed E-state index contributed by atoms with van der Waals surface area (Å²) in [5.41, 5.74) is 4.76. The van der Waals surface area contributed by atoms with Crippen molar-refractivity contribution in [1.29, 1.82) is 0 Å². The Morgan fingerprint density at radius 3 is 1.94 bits per heavy atom. The van der Waals surface area contributed by atoms with E-state index in [2.05, 4.69) is 113 Å². The van der Waals surface area contributed by atoms with Crippen molar-refractivity contribution in [3.05, 3.63) is 119 Å². The van der Waals surface area contributed by atoms with Crippen LogP contribution >= 0.6 is 0 Å². The van der Waals surface area contributed by atoms with Crippen LogP contribution in [0.3, 0.4) is 0 Å². The second-order valence-corrected chi connectivity index (χ2v) is 18.2. The van der Waals surface area contributed by atoms with E-state index in [0.717, 1.165) is 65.0 Å². The van der Waals surface area contributed by atoms with Crippen LogP contribution < -0.4 is 0 Å². The van der Waals surface area contributed by atoms with Gasteiger partial charge in [-0.15, -0.1) is 0 Å². The summed E-state index contributed by atoms with van der Waals surface area (Å²) in [6.07, 6.45) is 16.5. The molecule has 3 fully saturated rings. The molecule has 3 aromatic rings. The molecule has 0 bridgehead atoms. The summed E-state index contributed by atoms with van der Waals surface area (Å²) in [5, 5.41) is 11.4. The fourth-order valence-electron chi connectivity index (χ4n) is 12.1. The third-order valence-electron chi connectivity index (χ3n) is 14.8. The number of benzene rings is 3. The van der Waals surface area contributed by atoms with Crippen molar-refractivity contribution >= 4 is 0 Å². The first-order valence-corrected chi connectivity index (χ1v) is 20.9. The monoisotopic (exact) mass is 703 g/mol. The SMILES string of the molecule is CC(C)CCC[C@@H](C)[C@H]1CCC2C3CC=C4CC(OCC(O)COC(c5ccccc5)(c5ccccc5)c5ccccc5)CC[C@]4(C)C3CC[C@@]21C. The number of aliphatic hydroxyl groups excluding tert-OH is 1. The summed E-state index contributed by atoms with van der Waals surface area (Å²) in [6, 6.07) is 31.2. The van der Waals surface area contributed by atoms with Gasteiger partial charge < -0.3 is 14.6 Å². The highest BCUT2D eigenvalue weighted by Crippen LogP contribution is 2.67. The van der Waals surface area contributed by atoms with Crippen molar-refractivity contribution in [3.8, 4) is 0 Å². The smallest absolute Gasteiger partial charge is 0.143 e. The molecule has 280 valence electrons. The van der Waals surface area contributed by atoms with Crippen LogP contribution in [0, 0.1) is 46.3 Å². The van der Waals surface area contributed by atoms with E-state index < -0.39 is 11.7 Å². The van der Waals surface area contributed by atoms with Crippen LogP contribution in [0.2, 0.25) is 0 Å². The fourth-order valence-corrected chi connectivity index (χ4v) is 12.1. The average molecular weight is 703 g/mol. The highest BCUT2D eigenvalue weighted by Gasteiger charge is 2.59. The standard InChI is InChI=1S/C49H66O3/c1-35(2)16-15-17-36(3)44-26-27-45-43-25-24-40-32-42(28-30-47(40,4)46(43)29-31-48(44,45)5)51-33-41(50)34-52-49(37-18-9-6-10-19-37,38-20-11-7-12-21-38)39-22-13-8-14-23-39/h6-14,18-24,35-36,41-46,50H,15-17,25-34H2,1-5H3/t36-,41?,42?,43?,44-,45?,46?,47+,48-/m1/s1. The third-order valence-corrected chi connectivity index (χ3v) is 14.8. The van der Waals surface area contributed by atoms with Gasteiger partial charge in [0.1, 0.15) is 11.7 Å². The molecule has 5 unspecified atom stereocenters. The van der Waals surface area contributed by atoms with Gasteiger partial charge in [-0.2, -0.15) is 0 Å². The van der Waals surface area contributed by atoms with Crippen molar-refractivity contribution in [2.24, 2.45) is 46.3 Å². The summed E-state index contributed by atoms with van der Waals surface area (Å²) in [7, 11) is 0. The van der Waals surface area contributed by atoms with Gasteiger partial charge in [-0.05, 0) is 114 Å². The molecule has 0 aromatic heterocycles. The van der Waals surface area contributed by atoms with Gasteiger partial charge in [0, 0.05) is 0 Å². The van der Waals surface area contributed by atoms with Gasteiger partial charge in [-0.3, -0.25) is 0 Å². The van der Waals surface area contributed by atoms with Crippen LogP contribution in [0.15, 0.2) is 103 Å². The lowest BCUT2D eigenvalue weighted by atomic mass is 9.47. The maximum Gasteiger partial charge on any atom is 0.143 e. The predicted molar refractivity (Wildman–Crippen MR) is 214 cm³/mol. The van der Waals surface area contributed by atoms with E-state index in [4.69, 9.17) is 9.47 Å². The lowest BCUT2D eigenvalue weighted by Gasteiger charge is -2.58. The highest BCUT2D eigenvalue weighted by atomic mass is 16.5. The number of fused-ring (bicyclic) bond motifs is 5. The van der Waals surface area contributed by atoms with Gasteiger partial charge in [-0.25, -0.2) is 0 Å². The largest absolute Gasteiger partial charge is 0.388 e. The maximum atomic E-state index is 11.4. The predicted octanol–water partition coefficient (Wildman–Crippen LogP) is 11.8. The zero-order valence-corrected chi connectivity index (χ0v) is 32.8. The van der Waals surface area contributed by atoms with E-state index in [1.165, 1.54) is 57.8 Å². The van der Waals surface area contributed by atoms with Gasteiger partial charge >= 0.3 is 0 Å². The van der Waals surface area contributed by atoms with Crippen LogP contribution in [0.25, 0.3) is 0 Å². The molecule has 3 aromatic carbocycles. The van der Waals surface area contributed by atoms with Crippen LogP contribution in [-0.4, -0.2) is 30.5 Å². The molecule has 9 atom stereocenters. The second kappa shape index (κ2) is 15.9. The van der Waals surface area contributed by atoms with Crippen molar-refractivity contribution in [3.63, 3.8) is 0 Å². The van der Waals surface area contributed by atoms with Crippen molar-refractivity contribution in [2.75, 3.05) is 13.2 Å². The minimum absolute atomic E-state index is 0.157. The Morgan fingerprint density at radius 2 is 1.35 bits per heavy atom. The lowest BCUT2D eigenvalue weighted by Crippen LogP contribution is -2.51. The van der Waals surface area contributed by atoms with Gasteiger partial charge in [0.15, 0.2) is 0 Å². The first-order valence-electron chi connectivity index (χ1n) is 20.9. The molecule has 4 aliphatic carbocycles. The summed E-state index contributed by atoms with van der Waals surface area (Å²) in [5.74, 6) is 5.12. The normalized spacial score (nSPS) is 31.3. The van der Waals surface area contributed by atoms with Gasteiger partial charge in [0.2, 0.25) is 0 Å². The van der Waals surface area contributed by atoms with Gasteiger partial charge in [0.05, 0.1) is 19.3 Å². The number of hydrogen-bond acceptors (Lipinski definition) is 3. The van der Waals surface area contributed by atoms with Crippen LogP contribution in [0.1, 0.15) is 122 Å². The van der Waals surface area contributed by atoms with E-state index in [1.54, 1.807) is 5.57 Å². The van der Waals surface area contributed by atoms with Gasteiger partial charge in [-0.1, -0.05) is 157 Å². The number of ether oxygens (including phenoxy) is 2. The first-order chi connectivity index (χ1) is 25.1. The minimum Gasteiger partial charge on any atom is -0.388 e. The Kier molecular flexibility index (Phi) is 11.5. The van der Waals surface area contributed by atoms with E-state index >= 15 is 0 Å². The molecule has 3 saturated carbocycles. The molecule has 0 aliphatic heterocycles. The molecule has 0 spiro atoms. The number of hydrogen-bond donors (Lipinski definition) is 1. The molecule has 0 amide bonds. The summed E-state index contributed by atoms with van der Waals surface area (Å²) >= 11 is 0. The zero-order valence-electron chi connectivity index (χ0n) is 32.8. The lowest BCUT2D eigenvalue weighted by molar-refractivity contribution is -0.0914. The van der Waals surface area contributed by atoms with Crippen LogP contribution in [-0.2, 0) is 15.1 Å². The maximum absolute atomic E-state index is 11.4. The molecule has 1 N–H and O–H groups in total. The quantitative estimate of drug-likeness (QED) is 0.134. The average Bonchev–Trinajstić information content (AvgIpc) is 3.52. The fraction of sp³-hybridized carbons (Fsp3) is 0.592. The molecule has 52 heavy (non-hydrogen) atoms. The second-order valence-electron chi connectivity index (χ2n) is 18.2. The molecule has 3 nitrogen and oxygen atoms in total. The molecule has 0 radical (unpaired) electrons. The molecule has 4 aliphatic rings. The van der Waals surface area contributed by atoms with E-state index in [1.807, 2.05) is 18.2 Å². The molecule has 0 heterocycles. The topological polar surface area (TPSA) is 38.7 Å². The number of allylic oxidation sites excluding steroid dienone is 1. The van der Waals surface area contributed by atoms with Crippen LogP contribution in [0.5, 0.6) is 0 Å². The van der Waals surface area contributed by atoms with Gasteiger partial charge in [0.25, 0.3) is 0 Å². The molecule has 3 heteroatoms. The summed E-state index contributed by atoms with van der Waals surface area (Å²) < 4.78 is 13.5. The van der Waals surface area contributed by atoms with Crippen molar-refractivity contribution in [2.45, 2.75) is 123 Å². The zero-order chi connectivity index (χ0) is 36.3. The first kappa shape index (κ1) is 37.6. The number of aliphatic hydroxyl groups is 1. The van der Waals surface area contributed by atoms with E-state index in [-0.39, 0.29) is 19.3 Å². The minimum atomic E-state index is -0.845. The summed E-state index contributed by atoms with van der Waals surface area (Å²) in [6.45, 7) is 13.1. The molecule has 7 rings (SSSR count). The Labute approximate surface area is 315 Å². The third kappa shape index (κ3) is 7.24. The number of rotatable bonds is 14. The highest BCUT2D eigenvalue weighted by molar-refractivity contribution is 5.47.